The van der Waals surface area contributed by atoms with Crippen molar-refractivity contribution in [3.8, 4) is 0 Å². The number of ether oxygens (including phenoxy) is 5. The van der Waals surface area contributed by atoms with Crippen LogP contribution in [0.2, 0.25) is 0 Å². The number of hydrogen-bond donors (Lipinski definition) is 11. The van der Waals surface area contributed by atoms with Crippen molar-refractivity contribution in [2.24, 2.45) is 22.9 Å². The van der Waals surface area contributed by atoms with Gasteiger partial charge in [0.1, 0.15) is 42.7 Å². The first-order valence-electron chi connectivity index (χ1n) is 12.5. The summed E-state index contributed by atoms with van der Waals surface area (Å²) in [6, 6.07) is -4.05. The van der Waals surface area contributed by atoms with Crippen LogP contribution in [0.3, 0.4) is 0 Å². The molecule has 216 valence electrons. The highest BCUT2D eigenvalue weighted by Crippen LogP contribution is 2.35. The SMILES string of the molecule is CN[C@H]1[C@H](O[C@H]2O[C@@H](CO)[C@H](N)[C@@H](O)[C@H]2O)O[C@H]2C[C@@H](N)[C@@H](O[C@H]3[C@@H](O)[C@H](O)[C@@H](N)C[C@@H]3N)O[C@@H]2[C@H]1O. The van der Waals surface area contributed by atoms with Crippen molar-refractivity contribution in [1.29, 1.82) is 0 Å². The van der Waals surface area contributed by atoms with Gasteiger partial charge in [0, 0.05) is 12.1 Å². The van der Waals surface area contributed by atoms with Gasteiger partial charge < -0.3 is 82.6 Å². The van der Waals surface area contributed by atoms with Gasteiger partial charge in [-0.05, 0) is 19.9 Å². The van der Waals surface area contributed by atoms with E-state index in [1.165, 1.54) is 0 Å². The molecule has 15 N–H and O–H groups in total. The second kappa shape index (κ2) is 11.8. The lowest BCUT2D eigenvalue weighted by molar-refractivity contribution is -0.373. The zero-order chi connectivity index (χ0) is 27.2. The van der Waals surface area contributed by atoms with Crippen LogP contribution in [0.5, 0.6) is 0 Å². The van der Waals surface area contributed by atoms with Gasteiger partial charge in [0.25, 0.3) is 0 Å². The maximum atomic E-state index is 11.1. The summed E-state index contributed by atoms with van der Waals surface area (Å²) in [6.45, 7) is -0.508. The van der Waals surface area contributed by atoms with E-state index in [1.807, 2.05) is 0 Å². The first-order valence-corrected chi connectivity index (χ1v) is 12.5. The van der Waals surface area contributed by atoms with Crippen LogP contribution in [0.15, 0.2) is 0 Å². The standard InChI is InChI=1S/C21H41N5O11/c1-26-11-14(30)18-8(33-20(11)37-21-16(32)13(29)10(25)9(4-27)34-21)3-7(24)19(36-18)35-17-6(23)2-5(22)12(28)15(17)31/h5-21,26-32H,2-4,22-25H2,1H3/t5-,6-,7+,8-,9-,10-,11+,12+,13+,14-,15-,16+,17+,18-,19-,20-,21+/m0/s1. The fraction of sp³-hybridized carbons (Fsp3) is 1.00. The maximum Gasteiger partial charge on any atom is 0.189 e. The van der Waals surface area contributed by atoms with Crippen LogP contribution in [-0.2, 0) is 23.7 Å². The molecule has 0 aromatic carbocycles. The van der Waals surface area contributed by atoms with E-state index in [4.69, 9.17) is 46.6 Å². The Morgan fingerprint density at radius 1 is 0.730 bits per heavy atom. The number of rotatable bonds is 6. The number of nitrogens with one attached hydrogen (secondary N) is 1. The molecule has 3 heterocycles. The molecule has 4 fully saturated rings. The molecule has 16 heteroatoms. The van der Waals surface area contributed by atoms with Crippen molar-refractivity contribution in [2.45, 2.75) is 117 Å². The lowest BCUT2D eigenvalue weighted by Crippen LogP contribution is -2.70. The van der Waals surface area contributed by atoms with Gasteiger partial charge in [0.05, 0.1) is 36.9 Å². The van der Waals surface area contributed by atoms with Crippen LogP contribution in [0.4, 0.5) is 0 Å². The third kappa shape index (κ3) is 5.66. The van der Waals surface area contributed by atoms with Crippen LogP contribution in [0.25, 0.3) is 0 Å². The van der Waals surface area contributed by atoms with E-state index in [0.717, 1.165) is 0 Å². The van der Waals surface area contributed by atoms with E-state index in [1.54, 1.807) is 7.05 Å². The summed E-state index contributed by atoms with van der Waals surface area (Å²) in [6.07, 6.45) is -13.7. The third-order valence-corrected chi connectivity index (χ3v) is 7.74. The van der Waals surface area contributed by atoms with Crippen molar-refractivity contribution >= 4 is 0 Å². The topological polar surface area (TPSA) is 284 Å². The molecule has 0 aromatic heterocycles. The molecule has 1 aliphatic carbocycles. The Labute approximate surface area is 213 Å². The number of likely N-dealkylation sites (N-methyl/N-ethyl adjacent to an activating group) is 1. The van der Waals surface area contributed by atoms with Crippen molar-refractivity contribution in [1.82, 2.24) is 5.32 Å². The van der Waals surface area contributed by atoms with Crippen LogP contribution in [-0.4, -0.2) is 148 Å². The van der Waals surface area contributed by atoms with E-state index >= 15 is 0 Å². The molecule has 4 rings (SSSR count). The summed E-state index contributed by atoms with van der Waals surface area (Å²) in [5.74, 6) is 0. The predicted molar refractivity (Wildman–Crippen MR) is 123 cm³/mol. The number of hydrogen-bond acceptors (Lipinski definition) is 16. The van der Waals surface area contributed by atoms with Gasteiger partial charge in [0.15, 0.2) is 18.9 Å². The minimum atomic E-state index is -1.54. The van der Waals surface area contributed by atoms with Crippen molar-refractivity contribution in [2.75, 3.05) is 13.7 Å². The summed E-state index contributed by atoms with van der Waals surface area (Å²) in [7, 11) is 1.55. The molecule has 4 aliphatic rings. The zero-order valence-electron chi connectivity index (χ0n) is 20.5. The number of aliphatic hydroxyl groups is 6. The summed E-state index contributed by atoms with van der Waals surface area (Å²) < 4.78 is 29.2. The smallest absolute Gasteiger partial charge is 0.189 e. The Morgan fingerprint density at radius 3 is 2.08 bits per heavy atom. The van der Waals surface area contributed by atoms with Gasteiger partial charge in [0.2, 0.25) is 0 Å². The lowest BCUT2D eigenvalue weighted by atomic mass is 9.84. The third-order valence-electron chi connectivity index (χ3n) is 7.74. The molecule has 17 atom stereocenters. The largest absolute Gasteiger partial charge is 0.394 e. The Hall–Kier alpha value is -0.640. The number of nitrogens with two attached hydrogens (primary N) is 4. The van der Waals surface area contributed by atoms with Crippen LogP contribution >= 0.6 is 0 Å². The van der Waals surface area contributed by atoms with E-state index in [9.17, 15) is 30.6 Å². The highest BCUT2D eigenvalue weighted by atomic mass is 16.8. The average molecular weight is 540 g/mol. The van der Waals surface area contributed by atoms with E-state index in [-0.39, 0.29) is 12.8 Å². The van der Waals surface area contributed by atoms with Gasteiger partial charge in [-0.2, -0.15) is 0 Å². The van der Waals surface area contributed by atoms with Gasteiger partial charge in [-0.3, -0.25) is 0 Å². The molecule has 16 nitrogen and oxygen atoms in total. The minimum absolute atomic E-state index is 0.156. The molecule has 0 amide bonds. The first kappa shape index (κ1) is 29.3. The molecule has 0 unspecified atom stereocenters. The van der Waals surface area contributed by atoms with Gasteiger partial charge in [-0.1, -0.05) is 0 Å². The Balaban J connectivity index is 1.43. The van der Waals surface area contributed by atoms with Crippen molar-refractivity contribution < 1.29 is 54.3 Å². The highest BCUT2D eigenvalue weighted by Gasteiger charge is 2.54. The van der Waals surface area contributed by atoms with Crippen LogP contribution in [0, 0.1) is 0 Å². The molecule has 0 spiro atoms. The second-order valence-corrected chi connectivity index (χ2v) is 10.3. The molecule has 0 bridgehead atoms. The van der Waals surface area contributed by atoms with Crippen molar-refractivity contribution in [3.05, 3.63) is 0 Å². The Kier molecular flexibility index (Phi) is 9.40. The number of fused-ring (bicyclic) bond motifs is 1. The predicted octanol–water partition coefficient (Wildman–Crippen LogP) is -6.95. The number of aliphatic hydroxyl groups excluding tert-OH is 6. The summed E-state index contributed by atoms with van der Waals surface area (Å²) in [5, 5.41) is 64.7. The normalized spacial score (nSPS) is 55.1. The van der Waals surface area contributed by atoms with E-state index in [2.05, 4.69) is 5.32 Å². The molecule has 3 aliphatic heterocycles. The fourth-order valence-electron chi connectivity index (χ4n) is 5.46. The first-order chi connectivity index (χ1) is 17.5. The molecule has 3 saturated heterocycles. The summed E-state index contributed by atoms with van der Waals surface area (Å²) in [5.41, 5.74) is 24.0. The van der Waals surface area contributed by atoms with Crippen LogP contribution in [0.1, 0.15) is 12.8 Å². The molecule has 37 heavy (non-hydrogen) atoms. The molecule has 0 radical (unpaired) electrons. The fourth-order valence-corrected chi connectivity index (χ4v) is 5.46. The molecule has 0 aromatic rings. The summed E-state index contributed by atoms with van der Waals surface area (Å²) >= 11 is 0. The zero-order valence-corrected chi connectivity index (χ0v) is 20.5. The Morgan fingerprint density at radius 2 is 1.43 bits per heavy atom. The van der Waals surface area contributed by atoms with E-state index in [0.29, 0.717) is 0 Å². The summed E-state index contributed by atoms with van der Waals surface area (Å²) in [4.78, 5) is 0. The molecular weight excluding hydrogens is 498 g/mol. The molecule has 1 saturated carbocycles. The highest BCUT2D eigenvalue weighted by molar-refractivity contribution is 5.01. The maximum absolute atomic E-state index is 11.1. The van der Waals surface area contributed by atoms with Crippen LogP contribution < -0.4 is 28.3 Å². The van der Waals surface area contributed by atoms with E-state index < -0.39 is 111 Å². The van der Waals surface area contributed by atoms with Gasteiger partial charge in [-0.25, -0.2) is 0 Å². The lowest BCUT2D eigenvalue weighted by Gasteiger charge is -2.51. The second-order valence-electron chi connectivity index (χ2n) is 10.3. The average Bonchev–Trinajstić information content (AvgIpc) is 2.86. The quantitative estimate of drug-likeness (QED) is 0.149. The molecular formula is C21H41N5O11. The Bertz CT molecular complexity index is 756. The minimum Gasteiger partial charge on any atom is -0.394 e. The van der Waals surface area contributed by atoms with Gasteiger partial charge in [-0.15, -0.1) is 0 Å². The van der Waals surface area contributed by atoms with Crippen molar-refractivity contribution in [3.63, 3.8) is 0 Å². The van der Waals surface area contributed by atoms with Gasteiger partial charge >= 0.3 is 0 Å². The monoisotopic (exact) mass is 539 g/mol.